The van der Waals surface area contributed by atoms with E-state index in [1.807, 2.05) is 4.90 Å². The molecule has 3 heterocycles. The highest BCUT2D eigenvalue weighted by Gasteiger charge is 2.39. The summed E-state index contributed by atoms with van der Waals surface area (Å²) in [4.78, 5) is 29.6. The molecule has 7 heteroatoms. The van der Waals surface area contributed by atoms with Crippen LogP contribution in [0.25, 0.3) is 0 Å². The van der Waals surface area contributed by atoms with E-state index < -0.39 is 0 Å². The molecule has 0 aromatic carbocycles. The van der Waals surface area contributed by atoms with Crippen LogP contribution in [0.2, 0.25) is 0 Å². The minimum absolute atomic E-state index is 0.0426. The van der Waals surface area contributed by atoms with Gasteiger partial charge in [-0.2, -0.15) is 0 Å². The van der Waals surface area contributed by atoms with Crippen molar-refractivity contribution >= 4 is 11.8 Å². The standard InChI is InChI=1S/C20H33N3O4/c24-19-11-16(13-23(19)17-3-1-2-4-17)20(25)21-12-18(15-5-8-27-14-15)22-6-9-26-10-7-22/h15-18H,1-14H2,(H,21,25). The highest BCUT2D eigenvalue weighted by Crippen LogP contribution is 2.29. The maximum atomic E-state index is 12.8. The molecule has 4 fully saturated rings. The molecule has 0 radical (unpaired) electrons. The molecule has 7 nitrogen and oxygen atoms in total. The summed E-state index contributed by atoms with van der Waals surface area (Å²) in [5.41, 5.74) is 0. The molecule has 0 aromatic rings. The first-order valence-electron chi connectivity index (χ1n) is 10.7. The normalized spacial score (nSPS) is 31.6. The molecule has 1 saturated carbocycles. The molecular formula is C20H33N3O4. The lowest BCUT2D eigenvalue weighted by Crippen LogP contribution is -2.53. The van der Waals surface area contributed by atoms with Crippen LogP contribution in [0.3, 0.4) is 0 Å². The number of nitrogens with zero attached hydrogens (tertiary/aromatic N) is 2. The molecule has 3 saturated heterocycles. The van der Waals surface area contributed by atoms with Crippen molar-refractivity contribution in [1.29, 1.82) is 0 Å². The minimum atomic E-state index is -0.191. The van der Waals surface area contributed by atoms with E-state index in [1.54, 1.807) is 0 Å². The molecule has 27 heavy (non-hydrogen) atoms. The molecule has 3 aliphatic heterocycles. The molecular weight excluding hydrogens is 346 g/mol. The lowest BCUT2D eigenvalue weighted by molar-refractivity contribution is -0.130. The Labute approximate surface area is 161 Å². The summed E-state index contributed by atoms with van der Waals surface area (Å²) >= 11 is 0. The van der Waals surface area contributed by atoms with E-state index in [9.17, 15) is 9.59 Å². The number of amides is 2. The average Bonchev–Trinajstić information content (AvgIpc) is 3.44. The van der Waals surface area contributed by atoms with Crippen LogP contribution >= 0.6 is 0 Å². The van der Waals surface area contributed by atoms with Crippen molar-refractivity contribution < 1.29 is 19.1 Å². The van der Waals surface area contributed by atoms with Gasteiger partial charge in [0, 0.05) is 57.2 Å². The molecule has 3 atom stereocenters. The van der Waals surface area contributed by atoms with Crippen LogP contribution in [-0.4, -0.2) is 86.3 Å². The van der Waals surface area contributed by atoms with Crippen LogP contribution in [0.1, 0.15) is 38.5 Å². The van der Waals surface area contributed by atoms with Crippen molar-refractivity contribution in [1.82, 2.24) is 15.1 Å². The molecule has 4 rings (SSSR count). The monoisotopic (exact) mass is 379 g/mol. The van der Waals surface area contributed by atoms with Gasteiger partial charge in [-0.3, -0.25) is 14.5 Å². The number of hydrogen-bond acceptors (Lipinski definition) is 5. The third-order valence-corrected chi connectivity index (χ3v) is 6.80. The lowest BCUT2D eigenvalue weighted by Gasteiger charge is -2.37. The van der Waals surface area contributed by atoms with E-state index in [0.29, 0.717) is 37.5 Å². The van der Waals surface area contributed by atoms with Gasteiger partial charge in [-0.25, -0.2) is 0 Å². The summed E-state index contributed by atoms with van der Waals surface area (Å²) in [5, 5.41) is 3.17. The van der Waals surface area contributed by atoms with Crippen LogP contribution in [0.5, 0.6) is 0 Å². The Morgan fingerprint density at radius 1 is 1.11 bits per heavy atom. The summed E-state index contributed by atoms with van der Waals surface area (Å²) in [5.74, 6) is 0.476. The van der Waals surface area contributed by atoms with Crippen molar-refractivity contribution in [2.45, 2.75) is 50.6 Å². The maximum absolute atomic E-state index is 12.8. The Kier molecular flexibility index (Phi) is 6.30. The number of ether oxygens (including phenoxy) is 2. The number of carbonyl (C=O) groups is 2. The molecule has 0 spiro atoms. The van der Waals surface area contributed by atoms with Gasteiger partial charge in [-0.1, -0.05) is 12.8 Å². The van der Waals surface area contributed by atoms with Crippen LogP contribution in [0, 0.1) is 11.8 Å². The second-order valence-electron chi connectivity index (χ2n) is 8.47. The molecule has 3 unspecified atom stereocenters. The molecule has 0 aromatic heterocycles. The zero-order valence-corrected chi connectivity index (χ0v) is 16.2. The number of hydrogen-bond donors (Lipinski definition) is 1. The van der Waals surface area contributed by atoms with Crippen molar-refractivity contribution in [2.24, 2.45) is 11.8 Å². The lowest BCUT2D eigenvalue weighted by atomic mass is 9.96. The van der Waals surface area contributed by atoms with Gasteiger partial charge in [0.25, 0.3) is 0 Å². The number of rotatable bonds is 6. The predicted molar refractivity (Wildman–Crippen MR) is 100 cm³/mol. The van der Waals surface area contributed by atoms with Crippen molar-refractivity contribution in [3.63, 3.8) is 0 Å². The summed E-state index contributed by atoms with van der Waals surface area (Å²) in [6.45, 7) is 6.16. The predicted octanol–water partition coefficient (Wildman–Crippen LogP) is 0.631. The topological polar surface area (TPSA) is 71.1 Å². The number of morpholine rings is 1. The van der Waals surface area contributed by atoms with Gasteiger partial charge < -0.3 is 19.7 Å². The van der Waals surface area contributed by atoms with Gasteiger partial charge in [-0.15, -0.1) is 0 Å². The molecule has 1 N–H and O–H groups in total. The van der Waals surface area contributed by atoms with Gasteiger partial charge in [0.15, 0.2) is 0 Å². The van der Waals surface area contributed by atoms with Crippen molar-refractivity contribution in [3.05, 3.63) is 0 Å². The fraction of sp³-hybridized carbons (Fsp3) is 0.900. The van der Waals surface area contributed by atoms with Crippen LogP contribution in [-0.2, 0) is 19.1 Å². The SMILES string of the molecule is O=C(NCC(C1CCOC1)N1CCOCC1)C1CC(=O)N(C2CCCC2)C1. The first-order chi connectivity index (χ1) is 13.2. The zero-order chi connectivity index (χ0) is 18.6. The highest BCUT2D eigenvalue weighted by atomic mass is 16.5. The highest BCUT2D eigenvalue weighted by molar-refractivity contribution is 5.89. The van der Waals surface area contributed by atoms with Crippen LogP contribution < -0.4 is 5.32 Å². The van der Waals surface area contributed by atoms with Gasteiger partial charge in [0.2, 0.25) is 11.8 Å². The van der Waals surface area contributed by atoms with Crippen LogP contribution in [0.4, 0.5) is 0 Å². The fourth-order valence-corrected chi connectivity index (χ4v) is 5.18. The first-order valence-corrected chi connectivity index (χ1v) is 10.7. The van der Waals surface area contributed by atoms with E-state index in [2.05, 4.69) is 10.2 Å². The van der Waals surface area contributed by atoms with Crippen molar-refractivity contribution in [2.75, 3.05) is 52.6 Å². The second-order valence-corrected chi connectivity index (χ2v) is 8.47. The van der Waals surface area contributed by atoms with E-state index in [-0.39, 0.29) is 17.7 Å². The number of carbonyl (C=O) groups excluding carboxylic acids is 2. The quantitative estimate of drug-likeness (QED) is 0.733. The average molecular weight is 380 g/mol. The smallest absolute Gasteiger partial charge is 0.225 e. The van der Waals surface area contributed by atoms with E-state index in [1.165, 1.54) is 12.8 Å². The maximum Gasteiger partial charge on any atom is 0.225 e. The molecule has 2 amide bonds. The second kappa shape index (κ2) is 8.88. The Hall–Kier alpha value is -1.18. The Morgan fingerprint density at radius 2 is 1.89 bits per heavy atom. The van der Waals surface area contributed by atoms with Gasteiger partial charge in [0.05, 0.1) is 25.7 Å². The number of likely N-dealkylation sites (tertiary alicyclic amines) is 1. The Balaban J connectivity index is 1.31. The summed E-state index contributed by atoms with van der Waals surface area (Å²) in [7, 11) is 0. The minimum Gasteiger partial charge on any atom is -0.381 e. The third kappa shape index (κ3) is 4.46. The van der Waals surface area contributed by atoms with Crippen molar-refractivity contribution in [3.8, 4) is 0 Å². The summed E-state index contributed by atoms with van der Waals surface area (Å²) in [6, 6.07) is 0.662. The van der Waals surface area contributed by atoms with E-state index in [4.69, 9.17) is 9.47 Å². The van der Waals surface area contributed by atoms with E-state index in [0.717, 1.165) is 58.8 Å². The fourth-order valence-electron chi connectivity index (χ4n) is 5.18. The zero-order valence-electron chi connectivity index (χ0n) is 16.2. The Bertz CT molecular complexity index is 525. The van der Waals surface area contributed by atoms with Gasteiger partial charge in [-0.05, 0) is 19.3 Å². The van der Waals surface area contributed by atoms with E-state index >= 15 is 0 Å². The molecule has 0 bridgehead atoms. The molecule has 1 aliphatic carbocycles. The third-order valence-electron chi connectivity index (χ3n) is 6.80. The van der Waals surface area contributed by atoms with Gasteiger partial charge >= 0.3 is 0 Å². The molecule has 152 valence electrons. The Morgan fingerprint density at radius 3 is 2.59 bits per heavy atom. The van der Waals surface area contributed by atoms with Gasteiger partial charge in [0.1, 0.15) is 0 Å². The number of nitrogens with one attached hydrogen (secondary N) is 1. The first kappa shape index (κ1) is 19.2. The molecule has 4 aliphatic rings. The summed E-state index contributed by atoms with van der Waals surface area (Å²) < 4.78 is 11.1. The van der Waals surface area contributed by atoms with Crippen LogP contribution in [0.15, 0.2) is 0 Å². The summed E-state index contributed by atoms with van der Waals surface area (Å²) in [6.07, 6.45) is 6.03. The largest absolute Gasteiger partial charge is 0.381 e.